The van der Waals surface area contributed by atoms with Crippen LogP contribution in [0.15, 0.2) is 35.1 Å². The van der Waals surface area contributed by atoms with Gasteiger partial charge in [-0.25, -0.2) is 4.98 Å². The first-order chi connectivity index (χ1) is 8.58. The van der Waals surface area contributed by atoms with E-state index < -0.39 is 0 Å². The van der Waals surface area contributed by atoms with Crippen LogP contribution in [0.1, 0.15) is 29.1 Å². The van der Waals surface area contributed by atoms with Gasteiger partial charge < -0.3 is 15.4 Å². The second-order valence-electron chi connectivity index (χ2n) is 3.84. The van der Waals surface area contributed by atoms with Gasteiger partial charge in [-0.2, -0.15) is 0 Å². The highest BCUT2D eigenvalue weighted by molar-refractivity contribution is 9.10. The van der Waals surface area contributed by atoms with Crippen molar-refractivity contribution >= 4 is 21.8 Å². The maximum atomic E-state index is 11.9. The van der Waals surface area contributed by atoms with Crippen LogP contribution in [0.4, 0.5) is 0 Å². The summed E-state index contributed by atoms with van der Waals surface area (Å²) in [6.07, 6.45) is 3.33. The number of imidazole rings is 1. The van der Waals surface area contributed by atoms with E-state index in [-0.39, 0.29) is 17.7 Å². The molecule has 3 N–H and O–H groups in total. The summed E-state index contributed by atoms with van der Waals surface area (Å²) in [6, 6.07) is 4.45. The first-order valence-electron chi connectivity index (χ1n) is 5.36. The summed E-state index contributed by atoms with van der Waals surface area (Å²) in [7, 11) is 0. The number of amides is 1. The number of hydrogen-bond donors (Lipinski definition) is 3. The number of aromatic amines is 1. The molecule has 0 bridgehead atoms. The summed E-state index contributed by atoms with van der Waals surface area (Å²) in [5, 5.41) is 12.3. The van der Waals surface area contributed by atoms with E-state index in [2.05, 4.69) is 31.2 Å². The first kappa shape index (κ1) is 12.6. The lowest BCUT2D eigenvalue weighted by molar-refractivity contribution is 0.0938. The largest absolute Gasteiger partial charge is 0.507 e. The van der Waals surface area contributed by atoms with Crippen molar-refractivity contribution in [2.75, 3.05) is 0 Å². The van der Waals surface area contributed by atoms with Gasteiger partial charge in [0, 0.05) is 18.0 Å². The van der Waals surface area contributed by atoms with Crippen molar-refractivity contribution in [3.8, 4) is 5.75 Å². The Hall–Kier alpha value is -1.82. The molecule has 2 rings (SSSR count). The van der Waals surface area contributed by atoms with Gasteiger partial charge in [-0.1, -0.05) is 0 Å². The molecule has 0 aliphatic rings. The van der Waals surface area contributed by atoms with Crippen LogP contribution < -0.4 is 5.32 Å². The number of phenols is 1. The number of aromatic hydroxyl groups is 1. The SMILES string of the molecule is CC(NC(=O)c1ccc(Br)c(O)c1)c1ncc[nH]1. The van der Waals surface area contributed by atoms with E-state index >= 15 is 0 Å². The lowest BCUT2D eigenvalue weighted by atomic mass is 10.2. The molecule has 5 nitrogen and oxygen atoms in total. The zero-order chi connectivity index (χ0) is 13.1. The minimum absolute atomic E-state index is 0.0355. The number of carbonyl (C=O) groups is 1. The fourth-order valence-corrected chi connectivity index (χ4v) is 1.76. The van der Waals surface area contributed by atoms with Gasteiger partial charge in [0.15, 0.2) is 0 Å². The molecule has 0 spiro atoms. The average molecular weight is 310 g/mol. The highest BCUT2D eigenvalue weighted by Gasteiger charge is 2.13. The number of nitrogens with zero attached hydrogens (tertiary/aromatic N) is 1. The molecule has 1 amide bonds. The smallest absolute Gasteiger partial charge is 0.251 e. The van der Waals surface area contributed by atoms with Crippen molar-refractivity contribution in [3.63, 3.8) is 0 Å². The minimum atomic E-state index is -0.262. The predicted molar refractivity (Wildman–Crippen MR) is 70.3 cm³/mol. The van der Waals surface area contributed by atoms with Gasteiger partial charge in [0.05, 0.1) is 10.5 Å². The highest BCUT2D eigenvalue weighted by Crippen LogP contribution is 2.24. The van der Waals surface area contributed by atoms with Crippen LogP contribution in [0.5, 0.6) is 5.75 Å². The Morgan fingerprint density at radius 3 is 2.94 bits per heavy atom. The van der Waals surface area contributed by atoms with Crippen molar-refractivity contribution < 1.29 is 9.90 Å². The van der Waals surface area contributed by atoms with Crippen LogP contribution in [0, 0.1) is 0 Å². The third-order valence-electron chi connectivity index (χ3n) is 2.49. The van der Waals surface area contributed by atoms with E-state index in [4.69, 9.17) is 0 Å². The number of phenolic OH excluding ortho intramolecular Hbond substituents is 1. The van der Waals surface area contributed by atoms with E-state index in [0.717, 1.165) is 0 Å². The van der Waals surface area contributed by atoms with Gasteiger partial charge in [0.2, 0.25) is 0 Å². The molecule has 2 aromatic rings. The van der Waals surface area contributed by atoms with Crippen molar-refractivity contribution in [1.29, 1.82) is 0 Å². The first-order valence-corrected chi connectivity index (χ1v) is 6.16. The highest BCUT2D eigenvalue weighted by atomic mass is 79.9. The Morgan fingerprint density at radius 1 is 1.56 bits per heavy atom. The number of H-pyrrole nitrogens is 1. The molecule has 0 aliphatic carbocycles. The molecule has 0 saturated carbocycles. The second-order valence-corrected chi connectivity index (χ2v) is 4.69. The van der Waals surface area contributed by atoms with Crippen LogP contribution in [0.25, 0.3) is 0 Å². The van der Waals surface area contributed by atoms with Crippen molar-refractivity contribution in [2.24, 2.45) is 0 Å². The third-order valence-corrected chi connectivity index (χ3v) is 3.16. The Kier molecular flexibility index (Phi) is 3.66. The summed E-state index contributed by atoms with van der Waals surface area (Å²) in [6.45, 7) is 1.83. The molecule has 18 heavy (non-hydrogen) atoms. The summed E-state index contributed by atoms with van der Waals surface area (Å²) in [5.74, 6) is 0.458. The topological polar surface area (TPSA) is 78.0 Å². The number of hydrogen-bond acceptors (Lipinski definition) is 3. The van der Waals surface area contributed by atoms with Crippen molar-refractivity contribution in [3.05, 3.63) is 46.5 Å². The molecule has 0 aliphatic heterocycles. The average Bonchev–Trinajstić information content (AvgIpc) is 2.86. The molecule has 0 saturated heterocycles. The van der Waals surface area contributed by atoms with Gasteiger partial charge in [0.25, 0.3) is 5.91 Å². The molecule has 0 fully saturated rings. The third kappa shape index (κ3) is 2.70. The van der Waals surface area contributed by atoms with Gasteiger partial charge in [-0.15, -0.1) is 0 Å². The fourth-order valence-electron chi connectivity index (χ4n) is 1.52. The van der Waals surface area contributed by atoms with Crippen molar-refractivity contribution in [2.45, 2.75) is 13.0 Å². The molecule has 0 radical (unpaired) electrons. The lowest BCUT2D eigenvalue weighted by Gasteiger charge is -2.11. The van der Waals surface area contributed by atoms with Gasteiger partial charge in [-0.3, -0.25) is 4.79 Å². The van der Waals surface area contributed by atoms with Crippen LogP contribution in [-0.4, -0.2) is 21.0 Å². The molecule has 94 valence electrons. The fraction of sp³-hybridized carbons (Fsp3) is 0.167. The standard InChI is InChI=1S/C12H12BrN3O2/c1-7(11-14-4-5-15-11)16-12(18)8-2-3-9(13)10(17)6-8/h2-7,17H,1H3,(H,14,15)(H,16,18). The quantitative estimate of drug-likeness (QED) is 0.814. The summed E-state index contributed by atoms with van der Waals surface area (Å²) in [4.78, 5) is 18.9. The summed E-state index contributed by atoms with van der Waals surface area (Å²) in [5.41, 5.74) is 0.397. The van der Waals surface area contributed by atoms with E-state index in [9.17, 15) is 9.90 Å². The van der Waals surface area contributed by atoms with Crippen molar-refractivity contribution in [1.82, 2.24) is 15.3 Å². The Balaban J connectivity index is 2.10. The number of rotatable bonds is 3. The summed E-state index contributed by atoms with van der Waals surface area (Å²) >= 11 is 3.16. The zero-order valence-electron chi connectivity index (χ0n) is 9.64. The van der Waals surface area contributed by atoms with Crippen LogP contribution in [-0.2, 0) is 0 Å². The monoisotopic (exact) mass is 309 g/mol. The van der Waals surface area contributed by atoms with Gasteiger partial charge in [-0.05, 0) is 41.1 Å². The molecule has 1 aromatic carbocycles. The number of carbonyl (C=O) groups excluding carboxylic acids is 1. The predicted octanol–water partition coefficient (Wildman–Crippen LogP) is 2.37. The molecule has 1 aromatic heterocycles. The van der Waals surface area contributed by atoms with Crippen LogP contribution >= 0.6 is 15.9 Å². The normalized spacial score (nSPS) is 12.1. The maximum absolute atomic E-state index is 11.9. The number of aromatic nitrogens is 2. The van der Waals surface area contributed by atoms with E-state index in [1.165, 1.54) is 6.07 Å². The zero-order valence-corrected chi connectivity index (χ0v) is 11.2. The number of nitrogens with one attached hydrogen (secondary N) is 2. The Bertz CT molecular complexity index is 554. The van der Waals surface area contributed by atoms with E-state index in [1.807, 2.05) is 6.92 Å². The van der Waals surface area contributed by atoms with Crippen LogP contribution in [0.3, 0.4) is 0 Å². The lowest BCUT2D eigenvalue weighted by Crippen LogP contribution is -2.27. The molecule has 1 atom stereocenters. The minimum Gasteiger partial charge on any atom is -0.507 e. The molecule has 6 heteroatoms. The molecular weight excluding hydrogens is 298 g/mol. The van der Waals surface area contributed by atoms with Gasteiger partial charge >= 0.3 is 0 Å². The van der Waals surface area contributed by atoms with Crippen LogP contribution in [0.2, 0.25) is 0 Å². The Labute approximate surface area is 112 Å². The summed E-state index contributed by atoms with van der Waals surface area (Å²) < 4.78 is 0.554. The molecule has 1 heterocycles. The number of halogens is 1. The van der Waals surface area contributed by atoms with Gasteiger partial charge in [0.1, 0.15) is 11.6 Å². The maximum Gasteiger partial charge on any atom is 0.251 e. The van der Waals surface area contributed by atoms with E-state index in [0.29, 0.717) is 15.9 Å². The second kappa shape index (κ2) is 5.22. The van der Waals surface area contributed by atoms with E-state index in [1.54, 1.807) is 24.5 Å². The molecular formula is C12H12BrN3O2. The Morgan fingerprint density at radius 2 is 2.33 bits per heavy atom. The number of benzene rings is 1. The molecule has 1 unspecified atom stereocenters.